The lowest BCUT2D eigenvalue weighted by Crippen LogP contribution is -1.98. The molecule has 1 fully saturated rings. The van der Waals surface area contributed by atoms with E-state index in [1.165, 1.54) is 19.2 Å². The number of oxazole rings is 1. The molecule has 1 saturated carbocycles. The smallest absolute Gasteiger partial charge is 0.181 e. The van der Waals surface area contributed by atoms with Crippen LogP contribution in [0.4, 0.5) is 0 Å². The van der Waals surface area contributed by atoms with E-state index in [1.807, 2.05) is 18.2 Å². The van der Waals surface area contributed by atoms with Crippen LogP contribution in [0.1, 0.15) is 12.8 Å². The molecule has 1 aliphatic rings. The van der Waals surface area contributed by atoms with Gasteiger partial charge in [-0.3, -0.25) is 0 Å². The van der Waals surface area contributed by atoms with Gasteiger partial charge < -0.3 is 9.15 Å². The number of benzene rings is 1. The zero-order chi connectivity index (χ0) is 9.38. The van der Waals surface area contributed by atoms with E-state index in [2.05, 4.69) is 4.98 Å². The van der Waals surface area contributed by atoms with E-state index in [0.29, 0.717) is 0 Å². The third kappa shape index (κ3) is 1.45. The van der Waals surface area contributed by atoms with Gasteiger partial charge in [0.2, 0.25) is 0 Å². The van der Waals surface area contributed by atoms with Crippen LogP contribution < -0.4 is 4.74 Å². The van der Waals surface area contributed by atoms with E-state index in [1.54, 1.807) is 0 Å². The van der Waals surface area contributed by atoms with Crippen molar-refractivity contribution < 1.29 is 9.15 Å². The van der Waals surface area contributed by atoms with Crippen molar-refractivity contribution in [1.29, 1.82) is 0 Å². The van der Waals surface area contributed by atoms with Crippen molar-refractivity contribution >= 4 is 11.1 Å². The molecule has 0 amide bonds. The Morgan fingerprint density at radius 1 is 1.43 bits per heavy atom. The fourth-order valence-corrected chi connectivity index (χ4v) is 1.43. The zero-order valence-electron chi connectivity index (χ0n) is 7.77. The predicted molar refractivity (Wildman–Crippen MR) is 52.2 cm³/mol. The van der Waals surface area contributed by atoms with Crippen LogP contribution in [0.15, 0.2) is 29.0 Å². The topological polar surface area (TPSA) is 35.3 Å². The first-order valence-electron chi connectivity index (χ1n) is 4.88. The molecule has 0 radical (unpaired) electrons. The Morgan fingerprint density at radius 3 is 3.21 bits per heavy atom. The lowest BCUT2D eigenvalue weighted by molar-refractivity contribution is 0.300. The predicted octanol–water partition coefficient (Wildman–Crippen LogP) is 2.62. The Kier molecular flexibility index (Phi) is 1.69. The van der Waals surface area contributed by atoms with Crippen molar-refractivity contribution in [1.82, 2.24) is 4.98 Å². The Labute approximate surface area is 81.7 Å². The average Bonchev–Trinajstić information content (AvgIpc) is 2.92. The molecular weight excluding hydrogens is 178 g/mol. The summed E-state index contributed by atoms with van der Waals surface area (Å²) in [5.41, 5.74) is 1.67. The summed E-state index contributed by atoms with van der Waals surface area (Å²) < 4.78 is 10.8. The largest absolute Gasteiger partial charge is 0.493 e. The molecule has 0 spiro atoms. The van der Waals surface area contributed by atoms with Gasteiger partial charge >= 0.3 is 0 Å². The van der Waals surface area contributed by atoms with Gasteiger partial charge in [-0.2, -0.15) is 0 Å². The maximum atomic E-state index is 5.63. The first kappa shape index (κ1) is 7.85. The maximum absolute atomic E-state index is 5.63. The summed E-state index contributed by atoms with van der Waals surface area (Å²) in [5.74, 6) is 1.67. The van der Waals surface area contributed by atoms with E-state index in [9.17, 15) is 0 Å². The van der Waals surface area contributed by atoms with Crippen LogP contribution in [0, 0.1) is 5.92 Å². The molecule has 1 heterocycles. The van der Waals surface area contributed by atoms with Gasteiger partial charge in [0.25, 0.3) is 0 Å². The second kappa shape index (κ2) is 3.01. The van der Waals surface area contributed by atoms with Gasteiger partial charge in [0.05, 0.1) is 6.61 Å². The first-order chi connectivity index (χ1) is 6.92. The van der Waals surface area contributed by atoms with Gasteiger partial charge in [-0.15, -0.1) is 0 Å². The molecule has 3 rings (SSSR count). The monoisotopic (exact) mass is 189 g/mol. The van der Waals surface area contributed by atoms with Crippen LogP contribution in [-0.4, -0.2) is 11.6 Å². The van der Waals surface area contributed by atoms with Crippen molar-refractivity contribution in [3.63, 3.8) is 0 Å². The molecule has 1 aromatic heterocycles. The Balaban J connectivity index is 1.81. The highest BCUT2D eigenvalue weighted by atomic mass is 16.5. The highest BCUT2D eigenvalue weighted by Crippen LogP contribution is 2.30. The minimum absolute atomic E-state index is 0.781. The molecular formula is C11H11NO2. The van der Waals surface area contributed by atoms with Crippen molar-refractivity contribution in [2.75, 3.05) is 6.61 Å². The fourth-order valence-electron chi connectivity index (χ4n) is 1.43. The summed E-state index contributed by atoms with van der Waals surface area (Å²) in [4.78, 5) is 4.08. The molecule has 0 atom stereocenters. The number of ether oxygens (including phenoxy) is 1. The van der Waals surface area contributed by atoms with E-state index in [0.717, 1.165) is 29.4 Å². The minimum Gasteiger partial charge on any atom is -0.493 e. The van der Waals surface area contributed by atoms with Gasteiger partial charge in [0.15, 0.2) is 12.0 Å². The maximum Gasteiger partial charge on any atom is 0.181 e. The number of hydrogen-bond acceptors (Lipinski definition) is 3. The van der Waals surface area contributed by atoms with Gasteiger partial charge in [-0.05, 0) is 30.9 Å². The normalized spacial score (nSPS) is 16.0. The molecule has 1 aromatic carbocycles. The fraction of sp³-hybridized carbons (Fsp3) is 0.364. The number of fused-ring (bicyclic) bond motifs is 1. The second-order valence-electron chi connectivity index (χ2n) is 3.74. The highest BCUT2D eigenvalue weighted by molar-refractivity contribution is 5.73. The zero-order valence-corrected chi connectivity index (χ0v) is 7.77. The van der Waals surface area contributed by atoms with Crippen molar-refractivity contribution in [2.45, 2.75) is 12.8 Å². The van der Waals surface area contributed by atoms with Gasteiger partial charge in [0.1, 0.15) is 11.3 Å². The van der Waals surface area contributed by atoms with Crippen LogP contribution in [0.3, 0.4) is 0 Å². The summed E-state index contributed by atoms with van der Waals surface area (Å²) >= 11 is 0. The number of aromatic nitrogens is 1. The quantitative estimate of drug-likeness (QED) is 0.744. The van der Waals surface area contributed by atoms with E-state index < -0.39 is 0 Å². The summed E-state index contributed by atoms with van der Waals surface area (Å²) in [6.07, 6.45) is 4.08. The third-order valence-corrected chi connectivity index (χ3v) is 2.48. The molecule has 0 saturated heterocycles. The molecule has 0 bridgehead atoms. The summed E-state index contributed by atoms with van der Waals surface area (Å²) in [5, 5.41) is 0. The molecule has 3 heteroatoms. The minimum atomic E-state index is 0.781. The Hall–Kier alpha value is -1.51. The third-order valence-electron chi connectivity index (χ3n) is 2.48. The van der Waals surface area contributed by atoms with Gasteiger partial charge in [-0.1, -0.05) is 0 Å². The lowest BCUT2D eigenvalue weighted by Gasteiger charge is -2.03. The number of hydrogen-bond donors (Lipinski definition) is 0. The number of nitrogens with zero attached hydrogens (tertiary/aromatic N) is 1. The summed E-state index contributed by atoms with van der Waals surface area (Å²) in [6, 6.07) is 5.74. The standard InChI is InChI=1S/C11H11NO2/c1-2-8(1)6-13-9-3-4-11-10(5-9)12-7-14-11/h3-5,7-8H,1-2,6H2. The molecule has 72 valence electrons. The van der Waals surface area contributed by atoms with Gasteiger partial charge in [-0.25, -0.2) is 4.98 Å². The van der Waals surface area contributed by atoms with E-state index in [4.69, 9.17) is 9.15 Å². The van der Waals surface area contributed by atoms with Crippen LogP contribution in [0.2, 0.25) is 0 Å². The summed E-state index contributed by atoms with van der Waals surface area (Å²) in [7, 11) is 0. The Bertz CT molecular complexity index is 445. The number of rotatable bonds is 3. The van der Waals surface area contributed by atoms with Gasteiger partial charge in [0, 0.05) is 6.07 Å². The van der Waals surface area contributed by atoms with Crippen molar-refractivity contribution in [3.8, 4) is 5.75 Å². The van der Waals surface area contributed by atoms with E-state index >= 15 is 0 Å². The average molecular weight is 189 g/mol. The van der Waals surface area contributed by atoms with Crippen molar-refractivity contribution in [2.24, 2.45) is 5.92 Å². The molecule has 3 nitrogen and oxygen atoms in total. The Morgan fingerprint density at radius 2 is 2.36 bits per heavy atom. The van der Waals surface area contributed by atoms with E-state index in [-0.39, 0.29) is 0 Å². The van der Waals surface area contributed by atoms with Crippen molar-refractivity contribution in [3.05, 3.63) is 24.6 Å². The van der Waals surface area contributed by atoms with Crippen LogP contribution >= 0.6 is 0 Å². The molecule has 14 heavy (non-hydrogen) atoms. The molecule has 0 unspecified atom stereocenters. The van der Waals surface area contributed by atoms with Crippen LogP contribution in [0.5, 0.6) is 5.75 Å². The van der Waals surface area contributed by atoms with Crippen LogP contribution in [0.25, 0.3) is 11.1 Å². The molecule has 1 aliphatic carbocycles. The highest BCUT2D eigenvalue weighted by Gasteiger charge is 2.21. The molecule has 0 aliphatic heterocycles. The second-order valence-corrected chi connectivity index (χ2v) is 3.74. The van der Waals surface area contributed by atoms with Crippen LogP contribution in [-0.2, 0) is 0 Å². The molecule has 0 N–H and O–H groups in total. The lowest BCUT2D eigenvalue weighted by atomic mass is 10.3. The molecule has 2 aromatic rings. The SMILES string of the molecule is c1nc2cc(OCC3CC3)ccc2o1. The summed E-state index contributed by atoms with van der Waals surface area (Å²) in [6.45, 7) is 0.837. The first-order valence-corrected chi connectivity index (χ1v) is 4.88.